The lowest BCUT2D eigenvalue weighted by Crippen LogP contribution is -2.47. The Hall–Kier alpha value is -1.30. The number of carbonyl (C=O) groups excluding carboxylic acids is 1. The molecule has 0 aromatic heterocycles. The van der Waals surface area contributed by atoms with Gasteiger partial charge in [-0.15, -0.1) is 0 Å². The van der Waals surface area contributed by atoms with Crippen molar-refractivity contribution in [3.8, 4) is 0 Å². The number of aliphatic carboxylic acids is 1. The Balaban J connectivity index is 1.68. The number of carboxylic acid groups (broad SMARTS) is 1. The van der Waals surface area contributed by atoms with E-state index < -0.39 is 11.9 Å². The minimum Gasteiger partial charge on any atom is -0.481 e. The van der Waals surface area contributed by atoms with Crippen LogP contribution in [-0.4, -0.2) is 54.9 Å². The van der Waals surface area contributed by atoms with Gasteiger partial charge in [0.25, 0.3) is 0 Å². The molecule has 2 aliphatic heterocycles. The molecule has 2 heterocycles. The van der Waals surface area contributed by atoms with Crippen LogP contribution in [0.1, 0.15) is 25.7 Å². The van der Waals surface area contributed by atoms with E-state index >= 15 is 0 Å². The Morgan fingerprint density at radius 3 is 2.89 bits per heavy atom. The summed E-state index contributed by atoms with van der Waals surface area (Å²) >= 11 is 0. The van der Waals surface area contributed by atoms with Gasteiger partial charge in [-0.1, -0.05) is 0 Å². The quantitative estimate of drug-likeness (QED) is 0.796. The summed E-state index contributed by atoms with van der Waals surface area (Å²) in [6.07, 6.45) is 3.43. The van der Waals surface area contributed by atoms with Crippen molar-refractivity contribution < 1.29 is 19.4 Å². The summed E-state index contributed by atoms with van der Waals surface area (Å²) in [6.45, 7) is 3.24. The fourth-order valence-corrected chi connectivity index (χ4v) is 2.67. The molecule has 0 spiro atoms. The van der Waals surface area contributed by atoms with Crippen LogP contribution in [-0.2, 0) is 9.53 Å². The zero-order valence-electron chi connectivity index (χ0n) is 11.1. The number of hydrogen-bond donors (Lipinski definition) is 2. The molecule has 6 nitrogen and oxygen atoms in total. The summed E-state index contributed by atoms with van der Waals surface area (Å²) < 4.78 is 5.28. The molecule has 2 rings (SSSR count). The Bertz CT molecular complexity index is 329. The van der Waals surface area contributed by atoms with E-state index in [4.69, 9.17) is 9.84 Å². The number of likely N-dealkylation sites (tertiary alicyclic amines) is 1. The monoisotopic (exact) mass is 270 g/mol. The van der Waals surface area contributed by atoms with Crippen molar-refractivity contribution in [1.82, 2.24) is 10.2 Å². The van der Waals surface area contributed by atoms with Crippen LogP contribution in [0.5, 0.6) is 0 Å². The summed E-state index contributed by atoms with van der Waals surface area (Å²) in [5.41, 5.74) is 0. The molecule has 0 radical (unpaired) electrons. The van der Waals surface area contributed by atoms with Crippen LogP contribution < -0.4 is 5.32 Å². The number of nitrogens with zero attached hydrogens (tertiary/aromatic N) is 1. The van der Waals surface area contributed by atoms with Gasteiger partial charge in [0.05, 0.1) is 5.92 Å². The lowest BCUT2D eigenvalue weighted by molar-refractivity contribution is -0.143. The summed E-state index contributed by atoms with van der Waals surface area (Å²) in [5.74, 6) is -0.670. The minimum absolute atomic E-state index is 0.134. The van der Waals surface area contributed by atoms with Gasteiger partial charge in [0.15, 0.2) is 0 Å². The average Bonchev–Trinajstić information content (AvgIpc) is 2.92. The van der Waals surface area contributed by atoms with Crippen molar-refractivity contribution in [2.45, 2.75) is 25.7 Å². The van der Waals surface area contributed by atoms with Crippen LogP contribution in [0, 0.1) is 11.8 Å². The van der Waals surface area contributed by atoms with Crippen LogP contribution in [0.25, 0.3) is 0 Å². The van der Waals surface area contributed by atoms with E-state index in [2.05, 4.69) is 5.32 Å². The predicted octanol–water partition coefficient (Wildman–Crippen LogP) is 0.919. The van der Waals surface area contributed by atoms with Crippen molar-refractivity contribution in [2.75, 3.05) is 32.8 Å². The van der Waals surface area contributed by atoms with Crippen molar-refractivity contribution in [3.63, 3.8) is 0 Å². The predicted molar refractivity (Wildman–Crippen MR) is 68.9 cm³/mol. The van der Waals surface area contributed by atoms with E-state index in [0.29, 0.717) is 32.0 Å². The van der Waals surface area contributed by atoms with E-state index in [1.165, 1.54) is 0 Å². The normalized spacial score (nSPS) is 27.3. The second kappa shape index (κ2) is 6.75. The molecule has 0 saturated carbocycles. The maximum absolute atomic E-state index is 11.9. The van der Waals surface area contributed by atoms with Crippen LogP contribution in [0.3, 0.4) is 0 Å². The van der Waals surface area contributed by atoms with E-state index in [1.807, 2.05) is 0 Å². The van der Waals surface area contributed by atoms with Gasteiger partial charge in [-0.05, 0) is 31.6 Å². The number of hydrogen-bond acceptors (Lipinski definition) is 3. The van der Waals surface area contributed by atoms with E-state index in [1.54, 1.807) is 4.90 Å². The molecule has 2 amide bonds. The van der Waals surface area contributed by atoms with Crippen molar-refractivity contribution in [2.24, 2.45) is 11.8 Å². The van der Waals surface area contributed by atoms with E-state index in [-0.39, 0.29) is 6.03 Å². The number of urea groups is 1. The van der Waals surface area contributed by atoms with Crippen molar-refractivity contribution >= 4 is 12.0 Å². The smallest absolute Gasteiger partial charge is 0.317 e. The third-order valence-corrected chi connectivity index (χ3v) is 3.91. The molecule has 6 heteroatoms. The number of rotatable bonds is 4. The molecule has 2 N–H and O–H groups in total. The average molecular weight is 270 g/mol. The van der Waals surface area contributed by atoms with Crippen molar-refractivity contribution in [1.29, 1.82) is 0 Å². The topological polar surface area (TPSA) is 78.9 Å². The van der Waals surface area contributed by atoms with Gasteiger partial charge in [-0.25, -0.2) is 4.79 Å². The zero-order chi connectivity index (χ0) is 13.7. The van der Waals surface area contributed by atoms with Gasteiger partial charge in [0, 0.05) is 32.8 Å². The van der Waals surface area contributed by atoms with Crippen LogP contribution in [0.15, 0.2) is 0 Å². The molecule has 0 aromatic carbocycles. The van der Waals surface area contributed by atoms with Crippen LogP contribution >= 0.6 is 0 Å². The number of nitrogens with one attached hydrogen (secondary N) is 1. The number of piperidine rings is 1. The molecule has 19 heavy (non-hydrogen) atoms. The molecular formula is C13H22N2O4. The highest BCUT2D eigenvalue weighted by Crippen LogP contribution is 2.17. The van der Waals surface area contributed by atoms with E-state index in [0.717, 1.165) is 32.5 Å². The molecule has 2 saturated heterocycles. The minimum atomic E-state index is -0.805. The molecule has 2 aliphatic rings. The zero-order valence-corrected chi connectivity index (χ0v) is 11.1. The molecule has 0 aromatic rings. The largest absolute Gasteiger partial charge is 0.481 e. The Kier molecular flexibility index (Phi) is 5.01. The van der Waals surface area contributed by atoms with Crippen molar-refractivity contribution in [3.05, 3.63) is 0 Å². The molecule has 108 valence electrons. The van der Waals surface area contributed by atoms with Gasteiger partial charge in [0.1, 0.15) is 0 Å². The summed E-state index contributed by atoms with van der Waals surface area (Å²) in [5, 5.41) is 11.9. The first kappa shape index (κ1) is 14.1. The Morgan fingerprint density at radius 1 is 1.37 bits per heavy atom. The summed E-state index contributed by atoms with van der Waals surface area (Å²) in [6, 6.07) is -0.134. The number of ether oxygens (including phenoxy) is 1. The maximum Gasteiger partial charge on any atom is 0.317 e. The Labute approximate surface area is 113 Å². The SMILES string of the molecule is O=C(O)C1CCCN(C(=O)NCCC2CCOC2)C1. The highest BCUT2D eigenvalue weighted by molar-refractivity contribution is 5.76. The lowest BCUT2D eigenvalue weighted by Gasteiger charge is -2.30. The van der Waals surface area contributed by atoms with Gasteiger partial charge in [-0.2, -0.15) is 0 Å². The van der Waals surface area contributed by atoms with Gasteiger partial charge >= 0.3 is 12.0 Å². The highest BCUT2D eigenvalue weighted by atomic mass is 16.5. The number of carboxylic acids is 1. The van der Waals surface area contributed by atoms with Crippen LogP contribution in [0.2, 0.25) is 0 Å². The highest BCUT2D eigenvalue weighted by Gasteiger charge is 2.28. The number of amides is 2. The fourth-order valence-electron chi connectivity index (χ4n) is 2.67. The lowest BCUT2D eigenvalue weighted by atomic mass is 9.99. The summed E-state index contributed by atoms with van der Waals surface area (Å²) in [4.78, 5) is 24.5. The molecule has 2 atom stereocenters. The second-order valence-corrected chi connectivity index (χ2v) is 5.37. The second-order valence-electron chi connectivity index (χ2n) is 5.37. The van der Waals surface area contributed by atoms with E-state index in [9.17, 15) is 9.59 Å². The molecule has 0 bridgehead atoms. The molecule has 0 aliphatic carbocycles. The third-order valence-electron chi connectivity index (χ3n) is 3.91. The van der Waals surface area contributed by atoms with Gasteiger partial charge in [0.2, 0.25) is 0 Å². The van der Waals surface area contributed by atoms with Crippen LogP contribution in [0.4, 0.5) is 4.79 Å². The fraction of sp³-hybridized carbons (Fsp3) is 0.846. The first-order valence-corrected chi connectivity index (χ1v) is 7.00. The molecular weight excluding hydrogens is 248 g/mol. The molecule has 2 fully saturated rings. The maximum atomic E-state index is 11.9. The molecule has 2 unspecified atom stereocenters. The van der Waals surface area contributed by atoms with Gasteiger partial charge < -0.3 is 20.1 Å². The Morgan fingerprint density at radius 2 is 2.21 bits per heavy atom. The first-order valence-electron chi connectivity index (χ1n) is 7.00. The third kappa shape index (κ3) is 4.09. The number of carbonyl (C=O) groups is 2. The standard InChI is InChI=1S/C13H22N2O4/c16-12(17)11-2-1-6-15(8-11)13(18)14-5-3-10-4-7-19-9-10/h10-11H,1-9H2,(H,14,18)(H,16,17). The first-order chi connectivity index (χ1) is 9.16. The van der Waals surface area contributed by atoms with Gasteiger partial charge in [-0.3, -0.25) is 4.79 Å². The summed E-state index contributed by atoms with van der Waals surface area (Å²) in [7, 11) is 0.